The average molecular weight is 259 g/mol. The fraction of sp³-hybridized carbons (Fsp3) is 0.375. The Labute approximate surface area is 114 Å². The molecule has 0 aliphatic heterocycles. The lowest BCUT2D eigenvalue weighted by Gasteiger charge is -2.24. The van der Waals surface area contributed by atoms with E-state index >= 15 is 0 Å². The zero-order valence-electron chi connectivity index (χ0n) is 11.6. The van der Waals surface area contributed by atoms with Crippen LogP contribution in [-0.4, -0.2) is 19.8 Å². The number of anilines is 1. The number of rotatable bonds is 7. The third-order valence-corrected chi connectivity index (χ3v) is 3.04. The summed E-state index contributed by atoms with van der Waals surface area (Å²) in [6.45, 7) is 7.22. The van der Waals surface area contributed by atoms with Gasteiger partial charge in [0.2, 0.25) is 0 Å². The molecule has 0 fully saturated rings. The van der Waals surface area contributed by atoms with Crippen LogP contribution in [0.3, 0.4) is 0 Å². The maximum atomic E-state index is 5.46. The summed E-state index contributed by atoms with van der Waals surface area (Å²) in [6.07, 6.45) is 1.71. The maximum absolute atomic E-state index is 5.46. The van der Waals surface area contributed by atoms with Crippen LogP contribution in [0, 0.1) is 6.92 Å². The van der Waals surface area contributed by atoms with Gasteiger partial charge in [0.25, 0.3) is 0 Å². The molecule has 0 saturated carbocycles. The number of nitrogens with zero attached hydrogens (tertiary/aromatic N) is 1. The summed E-state index contributed by atoms with van der Waals surface area (Å²) in [5.41, 5.74) is 2.47. The van der Waals surface area contributed by atoms with Crippen LogP contribution in [0.2, 0.25) is 0 Å². The molecule has 0 bridgehead atoms. The first kappa shape index (κ1) is 13.7. The van der Waals surface area contributed by atoms with E-state index in [1.165, 1.54) is 11.3 Å². The largest absolute Gasteiger partial charge is 0.467 e. The molecule has 102 valence electrons. The summed E-state index contributed by atoms with van der Waals surface area (Å²) in [5, 5.41) is 0. The van der Waals surface area contributed by atoms with E-state index < -0.39 is 0 Å². The van der Waals surface area contributed by atoms with Crippen LogP contribution in [0.4, 0.5) is 5.69 Å². The van der Waals surface area contributed by atoms with Crippen molar-refractivity contribution in [2.45, 2.75) is 20.4 Å². The average Bonchev–Trinajstić information content (AvgIpc) is 2.92. The Balaban J connectivity index is 2.06. The molecule has 0 N–H and O–H groups in total. The highest BCUT2D eigenvalue weighted by atomic mass is 16.5. The summed E-state index contributed by atoms with van der Waals surface area (Å²) in [5.74, 6) is 0.970. The Kier molecular flexibility index (Phi) is 5.04. The molecule has 0 amide bonds. The number of ether oxygens (including phenoxy) is 1. The van der Waals surface area contributed by atoms with Crippen molar-refractivity contribution in [3.8, 4) is 0 Å². The zero-order chi connectivity index (χ0) is 13.5. The SMILES string of the molecule is CCOCCN(Cc1ccco1)c1ccc(C)cc1. The molecule has 19 heavy (non-hydrogen) atoms. The van der Waals surface area contributed by atoms with Gasteiger partial charge in [-0.15, -0.1) is 0 Å². The second kappa shape index (κ2) is 7.00. The molecule has 0 atom stereocenters. The van der Waals surface area contributed by atoms with E-state index in [0.29, 0.717) is 0 Å². The van der Waals surface area contributed by atoms with Crippen LogP contribution in [-0.2, 0) is 11.3 Å². The maximum Gasteiger partial charge on any atom is 0.123 e. The van der Waals surface area contributed by atoms with Gasteiger partial charge in [-0.3, -0.25) is 0 Å². The van der Waals surface area contributed by atoms with E-state index in [2.05, 4.69) is 36.1 Å². The van der Waals surface area contributed by atoms with E-state index in [4.69, 9.17) is 9.15 Å². The van der Waals surface area contributed by atoms with Crippen LogP contribution < -0.4 is 4.90 Å². The van der Waals surface area contributed by atoms with Crippen molar-refractivity contribution in [2.24, 2.45) is 0 Å². The van der Waals surface area contributed by atoms with Crippen LogP contribution in [0.5, 0.6) is 0 Å². The number of hydrogen-bond donors (Lipinski definition) is 0. The van der Waals surface area contributed by atoms with Crippen molar-refractivity contribution in [3.63, 3.8) is 0 Å². The lowest BCUT2D eigenvalue weighted by Crippen LogP contribution is -2.26. The first-order chi connectivity index (χ1) is 9.29. The molecule has 3 nitrogen and oxygen atoms in total. The fourth-order valence-electron chi connectivity index (χ4n) is 1.96. The molecule has 1 heterocycles. The van der Waals surface area contributed by atoms with E-state index in [0.717, 1.165) is 32.1 Å². The number of aryl methyl sites for hydroxylation is 1. The Morgan fingerprint density at radius 1 is 1.16 bits per heavy atom. The minimum atomic E-state index is 0.727. The molecule has 1 aromatic heterocycles. The zero-order valence-corrected chi connectivity index (χ0v) is 11.6. The van der Waals surface area contributed by atoms with Crippen LogP contribution in [0.25, 0.3) is 0 Å². The Hall–Kier alpha value is -1.74. The van der Waals surface area contributed by atoms with E-state index in [1.807, 2.05) is 19.1 Å². The molecule has 2 rings (SSSR count). The Morgan fingerprint density at radius 3 is 2.58 bits per heavy atom. The Bertz CT molecular complexity index is 462. The quantitative estimate of drug-likeness (QED) is 0.710. The van der Waals surface area contributed by atoms with Gasteiger partial charge in [-0.1, -0.05) is 17.7 Å². The van der Waals surface area contributed by atoms with Crippen molar-refractivity contribution in [3.05, 3.63) is 54.0 Å². The van der Waals surface area contributed by atoms with E-state index in [1.54, 1.807) is 6.26 Å². The van der Waals surface area contributed by atoms with Gasteiger partial charge in [-0.05, 0) is 38.1 Å². The fourth-order valence-corrected chi connectivity index (χ4v) is 1.96. The minimum Gasteiger partial charge on any atom is -0.467 e. The van der Waals surface area contributed by atoms with Gasteiger partial charge in [0, 0.05) is 18.8 Å². The van der Waals surface area contributed by atoms with Gasteiger partial charge in [-0.2, -0.15) is 0 Å². The molecule has 0 radical (unpaired) electrons. The molecule has 0 unspecified atom stereocenters. The van der Waals surface area contributed by atoms with Gasteiger partial charge in [0.1, 0.15) is 5.76 Å². The predicted molar refractivity (Wildman–Crippen MR) is 77.4 cm³/mol. The van der Waals surface area contributed by atoms with Crippen LogP contribution >= 0.6 is 0 Å². The molecule has 3 heteroatoms. The molecule has 1 aromatic carbocycles. The second-order valence-corrected chi connectivity index (χ2v) is 4.53. The highest BCUT2D eigenvalue weighted by Gasteiger charge is 2.08. The number of benzene rings is 1. The first-order valence-electron chi connectivity index (χ1n) is 6.71. The van der Waals surface area contributed by atoms with Crippen LogP contribution in [0.1, 0.15) is 18.2 Å². The predicted octanol–water partition coefficient (Wildman–Crippen LogP) is 3.63. The smallest absolute Gasteiger partial charge is 0.123 e. The summed E-state index contributed by atoms with van der Waals surface area (Å²) >= 11 is 0. The molecule has 0 aliphatic rings. The van der Waals surface area contributed by atoms with Crippen molar-refractivity contribution >= 4 is 5.69 Å². The molecule has 0 saturated heterocycles. The van der Waals surface area contributed by atoms with E-state index in [9.17, 15) is 0 Å². The normalized spacial score (nSPS) is 10.6. The monoisotopic (exact) mass is 259 g/mol. The molecule has 0 spiro atoms. The lowest BCUT2D eigenvalue weighted by atomic mass is 10.2. The van der Waals surface area contributed by atoms with Gasteiger partial charge in [0.05, 0.1) is 19.4 Å². The Morgan fingerprint density at radius 2 is 1.95 bits per heavy atom. The molecular formula is C16H21NO2. The summed E-state index contributed by atoms with van der Waals surface area (Å²) in [7, 11) is 0. The summed E-state index contributed by atoms with van der Waals surface area (Å²) < 4.78 is 10.9. The number of furan rings is 1. The van der Waals surface area contributed by atoms with Crippen molar-refractivity contribution in [1.29, 1.82) is 0 Å². The van der Waals surface area contributed by atoms with Crippen molar-refractivity contribution in [1.82, 2.24) is 0 Å². The number of hydrogen-bond acceptors (Lipinski definition) is 3. The van der Waals surface area contributed by atoms with Gasteiger partial charge in [-0.25, -0.2) is 0 Å². The lowest BCUT2D eigenvalue weighted by molar-refractivity contribution is 0.153. The van der Waals surface area contributed by atoms with Crippen LogP contribution in [0.15, 0.2) is 47.1 Å². The third-order valence-electron chi connectivity index (χ3n) is 3.04. The van der Waals surface area contributed by atoms with Crippen molar-refractivity contribution in [2.75, 3.05) is 24.7 Å². The molecule has 2 aromatic rings. The summed E-state index contributed by atoms with van der Waals surface area (Å²) in [6, 6.07) is 12.5. The standard InChI is InChI=1S/C16H21NO2/c1-3-18-12-10-17(13-16-5-4-11-19-16)15-8-6-14(2)7-9-15/h4-9,11H,3,10,12-13H2,1-2H3. The highest BCUT2D eigenvalue weighted by molar-refractivity contribution is 5.47. The third kappa shape index (κ3) is 4.14. The van der Waals surface area contributed by atoms with Gasteiger partial charge < -0.3 is 14.1 Å². The van der Waals surface area contributed by atoms with Gasteiger partial charge >= 0.3 is 0 Å². The van der Waals surface area contributed by atoms with Crippen molar-refractivity contribution < 1.29 is 9.15 Å². The minimum absolute atomic E-state index is 0.727. The molecule has 0 aliphatic carbocycles. The highest BCUT2D eigenvalue weighted by Crippen LogP contribution is 2.18. The summed E-state index contributed by atoms with van der Waals surface area (Å²) in [4.78, 5) is 2.27. The topological polar surface area (TPSA) is 25.6 Å². The van der Waals surface area contributed by atoms with Gasteiger partial charge in [0.15, 0.2) is 0 Å². The van der Waals surface area contributed by atoms with E-state index in [-0.39, 0.29) is 0 Å². The second-order valence-electron chi connectivity index (χ2n) is 4.53. The first-order valence-corrected chi connectivity index (χ1v) is 6.71. The molecular weight excluding hydrogens is 238 g/mol.